The Morgan fingerprint density at radius 2 is 2.27 bits per heavy atom. The van der Waals surface area contributed by atoms with E-state index in [0.29, 0.717) is 16.0 Å². The molecule has 1 rings (SSSR count). The summed E-state index contributed by atoms with van der Waals surface area (Å²) in [5, 5.41) is 12.4. The van der Waals surface area contributed by atoms with Crippen LogP contribution in [0.5, 0.6) is 5.75 Å². The van der Waals surface area contributed by atoms with Gasteiger partial charge in [0.1, 0.15) is 5.75 Å². The van der Waals surface area contributed by atoms with Crippen LogP contribution in [0.1, 0.15) is 10.4 Å². The van der Waals surface area contributed by atoms with Gasteiger partial charge in [0.15, 0.2) is 0 Å². The minimum atomic E-state index is -0.371. The van der Waals surface area contributed by atoms with Crippen molar-refractivity contribution in [1.82, 2.24) is 5.32 Å². The minimum Gasteiger partial charge on any atom is -0.507 e. The number of carbonyl (C=O) groups is 1. The van der Waals surface area contributed by atoms with Crippen molar-refractivity contribution in [2.75, 3.05) is 6.54 Å². The van der Waals surface area contributed by atoms with Crippen molar-refractivity contribution in [1.29, 1.82) is 0 Å². The number of halogens is 2. The lowest BCUT2D eigenvalue weighted by molar-refractivity contribution is 0.0955. The fourth-order valence-electron chi connectivity index (χ4n) is 0.968. The number of nitrogens with one attached hydrogen (secondary N) is 1. The molecule has 5 heteroatoms. The molecular weight excluding hydrogens is 281 g/mol. The molecule has 15 heavy (non-hydrogen) atoms. The SMILES string of the molecule is C=C(Br)CNC(=O)c1ccc(Cl)cc1O. The summed E-state index contributed by atoms with van der Waals surface area (Å²) in [6.45, 7) is 3.88. The third kappa shape index (κ3) is 3.57. The van der Waals surface area contributed by atoms with Crippen molar-refractivity contribution < 1.29 is 9.90 Å². The number of carbonyl (C=O) groups excluding carboxylic acids is 1. The fourth-order valence-corrected chi connectivity index (χ4v) is 1.27. The zero-order chi connectivity index (χ0) is 11.4. The van der Waals surface area contributed by atoms with Gasteiger partial charge in [-0.25, -0.2) is 0 Å². The molecule has 0 aliphatic heterocycles. The molecule has 1 aromatic rings. The number of amides is 1. The van der Waals surface area contributed by atoms with Gasteiger partial charge in [0.05, 0.1) is 5.56 Å². The van der Waals surface area contributed by atoms with Gasteiger partial charge in [0.25, 0.3) is 5.91 Å². The van der Waals surface area contributed by atoms with Crippen LogP contribution in [0, 0.1) is 0 Å². The molecule has 0 fully saturated rings. The van der Waals surface area contributed by atoms with Crippen LogP contribution >= 0.6 is 27.5 Å². The monoisotopic (exact) mass is 289 g/mol. The second-order valence-corrected chi connectivity index (χ2v) is 4.42. The van der Waals surface area contributed by atoms with Gasteiger partial charge in [-0.1, -0.05) is 34.1 Å². The molecule has 80 valence electrons. The van der Waals surface area contributed by atoms with Crippen molar-refractivity contribution in [3.05, 3.63) is 39.8 Å². The lowest BCUT2D eigenvalue weighted by Crippen LogP contribution is -2.24. The van der Waals surface area contributed by atoms with Gasteiger partial charge < -0.3 is 10.4 Å². The number of benzene rings is 1. The van der Waals surface area contributed by atoms with Crippen molar-refractivity contribution in [3.63, 3.8) is 0 Å². The molecule has 2 N–H and O–H groups in total. The Bertz CT molecular complexity index is 406. The first-order chi connectivity index (χ1) is 7.00. The predicted octanol–water partition coefficient (Wildman–Crippen LogP) is 2.68. The number of hydrogen-bond donors (Lipinski definition) is 2. The number of hydrogen-bond acceptors (Lipinski definition) is 2. The van der Waals surface area contributed by atoms with E-state index in [1.54, 1.807) is 6.07 Å². The molecule has 0 aromatic heterocycles. The van der Waals surface area contributed by atoms with Crippen LogP contribution in [0.2, 0.25) is 5.02 Å². The zero-order valence-electron chi connectivity index (χ0n) is 7.76. The first kappa shape index (κ1) is 12.1. The molecule has 0 aliphatic carbocycles. The van der Waals surface area contributed by atoms with E-state index >= 15 is 0 Å². The van der Waals surface area contributed by atoms with E-state index in [0.717, 1.165) is 0 Å². The van der Waals surface area contributed by atoms with Crippen LogP contribution in [0.25, 0.3) is 0 Å². The van der Waals surface area contributed by atoms with E-state index < -0.39 is 0 Å². The first-order valence-corrected chi connectivity index (χ1v) is 5.28. The Morgan fingerprint density at radius 1 is 1.60 bits per heavy atom. The quantitative estimate of drug-likeness (QED) is 0.899. The van der Waals surface area contributed by atoms with E-state index in [2.05, 4.69) is 27.8 Å². The lowest BCUT2D eigenvalue weighted by atomic mass is 10.2. The van der Waals surface area contributed by atoms with Crippen LogP contribution in [0.4, 0.5) is 0 Å². The number of phenolic OH excluding ortho intramolecular Hbond substituents is 1. The summed E-state index contributed by atoms with van der Waals surface area (Å²) in [7, 11) is 0. The van der Waals surface area contributed by atoms with Crippen LogP contribution in [0.3, 0.4) is 0 Å². The highest BCUT2D eigenvalue weighted by atomic mass is 79.9. The van der Waals surface area contributed by atoms with Crippen LogP contribution in [0.15, 0.2) is 29.3 Å². The molecule has 0 unspecified atom stereocenters. The summed E-state index contributed by atoms with van der Waals surface area (Å²) >= 11 is 8.75. The Kier molecular flexibility index (Phi) is 4.17. The Hall–Kier alpha value is -1.00. The van der Waals surface area contributed by atoms with E-state index in [1.165, 1.54) is 12.1 Å². The van der Waals surface area contributed by atoms with Gasteiger partial charge in [-0.3, -0.25) is 4.79 Å². The maximum atomic E-state index is 11.5. The highest BCUT2D eigenvalue weighted by Gasteiger charge is 2.10. The van der Waals surface area contributed by atoms with Crippen molar-refractivity contribution >= 4 is 33.4 Å². The minimum absolute atomic E-state index is 0.139. The smallest absolute Gasteiger partial charge is 0.255 e. The Labute approximate surface area is 101 Å². The predicted molar refractivity (Wildman–Crippen MR) is 63.5 cm³/mol. The van der Waals surface area contributed by atoms with Gasteiger partial charge in [-0.15, -0.1) is 0 Å². The highest BCUT2D eigenvalue weighted by molar-refractivity contribution is 9.11. The van der Waals surface area contributed by atoms with Gasteiger partial charge >= 0.3 is 0 Å². The van der Waals surface area contributed by atoms with E-state index in [9.17, 15) is 9.90 Å². The summed E-state index contributed by atoms with van der Waals surface area (Å²) < 4.78 is 0.657. The normalized spacial score (nSPS) is 9.73. The number of phenols is 1. The lowest BCUT2D eigenvalue weighted by Gasteiger charge is -2.05. The van der Waals surface area contributed by atoms with Gasteiger partial charge in [-0.2, -0.15) is 0 Å². The topological polar surface area (TPSA) is 49.3 Å². The largest absolute Gasteiger partial charge is 0.507 e. The van der Waals surface area contributed by atoms with E-state index in [1.807, 2.05) is 0 Å². The van der Waals surface area contributed by atoms with E-state index in [4.69, 9.17) is 11.6 Å². The average Bonchev–Trinajstić information content (AvgIpc) is 2.14. The van der Waals surface area contributed by atoms with Crippen LogP contribution in [-0.2, 0) is 0 Å². The third-order valence-electron chi connectivity index (χ3n) is 1.65. The average molecular weight is 291 g/mol. The van der Waals surface area contributed by atoms with Crippen LogP contribution < -0.4 is 5.32 Å². The molecule has 0 aliphatic rings. The molecule has 0 bridgehead atoms. The summed E-state index contributed by atoms with van der Waals surface area (Å²) in [5.74, 6) is -0.509. The van der Waals surface area contributed by atoms with Crippen molar-refractivity contribution in [3.8, 4) is 5.75 Å². The Morgan fingerprint density at radius 3 is 2.80 bits per heavy atom. The standard InChI is InChI=1S/C10H9BrClNO2/c1-6(11)5-13-10(15)8-3-2-7(12)4-9(8)14/h2-4,14H,1,5H2,(H,13,15). The second-order valence-electron chi connectivity index (χ2n) is 2.86. The van der Waals surface area contributed by atoms with Crippen molar-refractivity contribution in [2.45, 2.75) is 0 Å². The molecule has 0 spiro atoms. The molecule has 0 radical (unpaired) electrons. The van der Waals surface area contributed by atoms with Crippen LogP contribution in [-0.4, -0.2) is 17.6 Å². The third-order valence-corrected chi connectivity index (χ3v) is 2.16. The number of aromatic hydroxyl groups is 1. The second kappa shape index (κ2) is 5.19. The maximum absolute atomic E-state index is 11.5. The fraction of sp³-hybridized carbons (Fsp3) is 0.100. The maximum Gasteiger partial charge on any atom is 0.255 e. The summed E-state index contributed by atoms with van der Waals surface area (Å²) in [4.78, 5) is 11.5. The first-order valence-electron chi connectivity index (χ1n) is 4.10. The zero-order valence-corrected chi connectivity index (χ0v) is 10.1. The molecule has 1 aromatic carbocycles. The van der Waals surface area contributed by atoms with Gasteiger partial charge in [0.2, 0.25) is 0 Å². The van der Waals surface area contributed by atoms with Gasteiger partial charge in [0, 0.05) is 16.0 Å². The molecule has 0 saturated carbocycles. The molecule has 0 atom stereocenters. The summed E-state index contributed by atoms with van der Waals surface area (Å²) in [6, 6.07) is 4.32. The molecule has 0 heterocycles. The highest BCUT2D eigenvalue weighted by Crippen LogP contribution is 2.21. The van der Waals surface area contributed by atoms with Gasteiger partial charge in [-0.05, 0) is 18.2 Å². The molecule has 1 amide bonds. The molecule has 0 saturated heterocycles. The summed E-state index contributed by atoms with van der Waals surface area (Å²) in [5.41, 5.74) is 0.188. The summed E-state index contributed by atoms with van der Waals surface area (Å²) in [6.07, 6.45) is 0. The van der Waals surface area contributed by atoms with E-state index in [-0.39, 0.29) is 17.2 Å². The molecule has 3 nitrogen and oxygen atoms in total. The number of rotatable bonds is 3. The van der Waals surface area contributed by atoms with Crippen molar-refractivity contribution in [2.24, 2.45) is 0 Å². The molecular formula is C10H9BrClNO2. The Balaban J connectivity index is 2.78.